The Bertz CT molecular complexity index is 1410. The van der Waals surface area contributed by atoms with Crippen molar-refractivity contribution in [2.24, 2.45) is 11.8 Å². The van der Waals surface area contributed by atoms with Gasteiger partial charge in [-0.2, -0.15) is 28.2 Å². The van der Waals surface area contributed by atoms with Crippen molar-refractivity contribution in [1.82, 2.24) is 40.2 Å². The van der Waals surface area contributed by atoms with Gasteiger partial charge in [0.25, 0.3) is 5.91 Å². The number of imidazole rings is 1. The molecule has 2 amide bonds. The summed E-state index contributed by atoms with van der Waals surface area (Å²) in [7, 11) is 0. The van der Waals surface area contributed by atoms with E-state index in [2.05, 4.69) is 30.9 Å². The van der Waals surface area contributed by atoms with Gasteiger partial charge in [0.1, 0.15) is 0 Å². The summed E-state index contributed by atoms with van der Waals surface area (Å²) in [6.07, 6.45) is 0.400. The van der Waals surface area contributed by atoms with Crippen molar-refractivity contribution in [1.29, 1.82) is 0 Å². The van der Waals surface area contributed by atoms with E-state index < -0.39 is 48.8 Å². The lowest BCUT2D eigenvalue weighted by molar-refractivity contribution is -0.144. The average molecular weight is 597 g/mol. The van der Waals surface area contributed by atoms with Gasteiger partial charge in [-0.15, -0.1) is 5.10 Å². The van der Waals surface area contributed by atoms with Gasteiger partial charge in [0.2, 0.25) is 11.8 Å². The fraction of sp³-hybridized carbons (Fsp3) is 0.630. The van der Waals surface area contributed by atoms with E-state index in [1.54, 1.807) is 12.3 Å². The molecule has 3 aromatic rings. The van der Waals surface area contributed by atoms with E-state index in [0.29, 0.717) is 23.4 Å². The highest BCUT2D eigenvalue weighted by Crippen LogP contribution is 2.43. The molecule has 0 radical (unpaired) electrons. The smallest absolute Gasteiger partial charge is 0.349 e. The van der Waals surface area contributed by atoms with Crippen LogP contribution in [0.5, 0.6) is 0 Å². The van der Waals surface area contributed by atoms with E-state index in [4.69, 9.17) is 0 Å². The fourth-order valence-corrected chi connectivity index (χ4v) is 5.39. The van der Waals surface area contributed by atoms with E-state index in [-0.39, 0.29) is 43.2 Å². The molecule has 2 aliphatic rings. The summed E-state index contributed by atoms with van der Waals surface area (Å²) in [6, 6.07) is 0.495. The number of rotatable bonds is 11. The zero-order valence-electron chi connectivity index (χ0n) is 23.1. The molecule has 5 rings (SSSR count). The number of halogens is 5. The van der Waals surface area contributed by atoms with Crippen LogP contribution in [0, 0.1) is 11.8 Å². The van der Waals surface area contributed by atoms with E-state index in [9.17, 15) is 31.5 Å². The molecule has 15 heteroatoms. The first-order valence-electron chi connectivity index (χ1n) is 14.2. The summed E-state index contributed by atoms with van der Waals surface area (Å²) in [6.45, 7) is 2.50. The van der Waals surface area contributed by atoms with Gasteiger partial charge in [0.15, 0.2) is 11.3 Å². The van der Waals surface area contributed by atoms with Crippen molar-refractivity contribution in [3.05, 3.63) is 41.6 Å². The van der Waals surface area contributed by atoms with Crippen LogP contribution in [0.15, 0.2) is 24.7 Å². The van der Waals surface area contributed by atoms with Gasteiger partial charge in [-0.05, 0) is 55.6 Å². The quantitative estimate of drug-likeness (QED) is 0.303. The topological polar surface area (TPSA) is 119 Å². The number of carbonyl (C=O) groups excluding carboxylic acids is 2. The SMILES string of the molecule is CCCn1ncc(C(=O)N[C@H](c2cn3ncc([C@H](NC(=O)CCC(F)(F)F)C4CC4)cc3n2)C2CCC(F)(F)CC2)n1. The van der Waals surface area contributed by atoms with Crippen molar-refractivity contribution < 1.29 is 31.5 Å². The van der Waals surface area contributed by atoms with E-state index in [1.807, 2.05) is 6.92 Å². The third kappa shape index (κ3) is 7.40. The van der Waals surface area contributed by atoms with Crippen molar-refractivity contribution in [3.63, 3.8) is 0 Å². The van der Waals surface area contributed by atoms with Gasteiger partial charge in [0, 0.05) is 19.3 Å². The molecular weight excluding hydrogens is 563 g/mol. The Hall–Kier alpha value is -3.65. The van der Waals surface area contributed by atoms with Crippen LogP contribution in [0.4, 0.5) is 22.0 Å². The summed E-state index contributed by atoms with van der Waals surface area (Å²) in [4.78, 5) is 31.5. The van der Waals surface area contributed by atoms with E-state index in [1.165, 1.54) is 21.7 Å². The third-order valence-electron chi connectivity index (χ3n) is 7.80. The van der Waals surface area contributed by atoms with Gasteiger partial charge in [0.05, 0.1) is 49.3 Å². The molecule has 2 saturated carbocycles. The Kier molecular flexibility index (Phi) is 8.46. The highest BCUT2D eigenvalue weighted by molar-refractivity contribution is 5.92. The minimum Gasteiger partial charge on any atom is -0.349 e. The second kappa shape index (κ2) is 11.9. The summed E-state index contributed by atoms with van der Waals surface area (Å²) in [5.74, 6) is -4.18. The maximum Gasteiger partial charge on any atom is 0.389 e. The maximum atomic E-state index is 14.0. The predicted octanol–water partition coefficient (Wildman–Crippen LogP) is 4.94. The summed E-state index contributed by atoms with van der Waals surface area (Å²) < 4.78 is 67.2. The number of aryl methyl sites for hydroxylation is 1. The fourth-order valence-electron chi connectivity index (χ4n) is 5.39. The van der Waals surface area contributed by atoms with Gasteiger partial charge in [-0.25, -0.2) is 18.3 Å². The molecule has 2 atom stereocenters. The van der Waals surface area contributed by atoms with E-state index in [0.717, 1.165) is 19.3 Å². The number of nitrogens with one attached hydrogen (secondary N) is 2. The van der Waals surface area contributed by atoms with Crippen LogP contribution in [-0.2, 0) is 11.3 Å². The number of carbonyl (C=O) groups is 2. The minimum absolute atomic E-state index is 0.0792. The van der Waals surface area contributed by atoms with Crippen LogP contribution in [0.3, 0.4) is 0 Å². The van der Waals surface area contributed by atoms with Crippen LogP contribution in [0.25, 0.3) is 5.65 Å². The Morgan fingerprint density at radius 1 is 1.05 bits per heavy atom. The minimum atomic E-state index is -4.43. The Morgan fingerprint density at radius 3 is 2.43 bits per heavy atom. The van der Waals surface area contributed by atoms with Gasteiger partial charge in [-0.1, -0.05) is 6.92 Å². The standard InChI is InChI=1S/C27H33F5N8O2/c1-2-11-40-34-14-19(38-40)25(42)37-24(17-5-8-26(28,29)9-6-17)20-15-39-21(35-20)12-18(13-33-39)23(16-3-4-16)36-22(41)7-10-27(30,31)32/h12-17,23-24H,2-11H2,1H3,(H,36,41)(H,37,42)/t23-,24+/m1/s1. The zero-order valence-corrected chi connectivity index (χ0v) is 23.1. The highest BCUT2D eigenvalue weighted by atomic mass is 19.4. The van der Waals surface area contributed by atoms with Crippen LogP contribution < -0.4 is 10.6 Å². The predicted molar refractivity (Wildman–Crippen MR) is 139 cm³/mol. The molecule has 10 nitrogen and oxygen atoms in total. The molecule has 0 spiro atoms. The largest absolute Gasteiger partial charge is 0.389 e. The molecule has 0 aliphatic heterocycles. The summed E-state index contributed by atoms with van der Waals surface area (Å²) in [5, 5.41) is 18.3. The molecule has 0 saturated heterocycles. The molecule has 228 valence electrons. The first-order chi connectivity index (χ1) is 19.9. The molecule has 2 N–H and O–H groups in total. The Balaban J connectivity index is 1.38. The van der Waals surface area contributed by atoms with Crippen LogP contribution >= 0.6 is 0 Å². The average Bonchev–Trinajstić information content (AvgIpc) is 3.50. The number of fused-ring (bicyclic) bond motifs is 1. The number of alkyl halides is 5. The number of hydrogen-bond donors (Lipinski definition) is 2. The lowest BCUT2D eigenvalue weighted by Gasteiger charge is -2.33. The van der Waals surface area contributed by atoms with Crippen LogP contribution in [0.2, 0.25) is 0 Å². The molecule has 0 unspecified atom stereocenters. The summed E-state index contributed by atoms with van der Waals surface area (Å²) >= 11 is 0. The lowest BCUT2D eigenvalue weighted by atomic mass is 9.81. The molecule has 42 heavy (non-hydrogen) atoms. The summed E-state index contributed by atoms with van der Waals surface area (Å²) in [5.41, 5.74) is 1.54. The number of aromatic nitrogens is 6. The van der Waals surface area contributed by atoms with Crippen molar-refractivity contribution >= 4 is 17.5 Å². The Labute approximate surface area is 238 Å². The van der Waals surface area contributed by atoms with Crippen LogP contribution in [-0.4, -0.2) is 53.5 Å². The molecule has 3 heterocycles. The molecule has 2 aliphatic carbocycles. The first-order valence-corrected chi connectivity index (χ1v) is 14.2. The van der Waals surface area contributed by atoms with E-state index >= 15 is 0 Å². The van der Waals surface area contributed by atoms with Gasteiger partial charge < -0.3 is 10.6 Å². The lowest BCUT2D eigenvalue weighted by Crippen LogP contribution is -2.37. The molecule has 0 bridgehead atoms. The second-order valence-electron chi connectivity index (χ2n) is 11.2. The number of hydrogen-bond acceptors (Lipinski definition) is 6. The van der Waals surface area contributed by atoms with Gasteiger partial charge >= 0.3 is 6.18 Å². The normalized spacial score (nSPS) is 19.0. The van der Waals surface area contributed by atoms with Gasteiger partial charge in [-0.3, -0.25) is 9.59 Å². The van der Waals surface area contributed by atoms with Crippen molar-refractivity contribution in [2.45, 2.75) is 95.4 Å². The molecule has 0 aromatic carbocycles. The first kappa shape index (κ1) is 29.8. The third-order valence-corrected chi connectivity index (χ3v) is 7.80. The van der Waals surface area contributed by atoms with Crippen molar-refractivity contribution in [3.8, 4) is 0 Å². The van der Waals surface area contributed by atoms with Crippen molar-refractivity contribution in [2.75, 3.05) is 0 Å². The number of nitrogens with zero attached hydrogens (tertiary/aromatic N) is 6. The molecular formula is C27H33F5N8O2. The molecule has 3 aromatic heterocycles. The second-order valence-corrected chi connectivity index (χ2v) is 11.2. The Morgan fingerprint density at radius 2 is 1.76 bits per heavy atom. The number of amides is 2. The highest BCUT2D eigenvalue weighted by Gasteiger charge is 2.40. The zero-order chi connectivity index (χ0) is 30.1. The maximum absolute atomic E-state index is 14.0. The van der Waals surface area contributed by atoms with Crippen LogP contribution in [0.1, 0.15) is 98.5 Å². The monoisotopic (exact) mass is 596 g/mol. The molecule has 2 fully saturated rings.